The molecule has 10 aromatic carbocycles. The van der Waals surface area contributed by atoms with Crippen molar-refractivity contribution < 1.29 is 8.83 Å². The van der Waals surface area contributed by atoms with Crippen LogP contribution in [0.3, 0.4) is 0 Å². The van der Waals surface area contributed by atoms with Gasteiger partial charge in [-0.3, -0.25) is 0 Å². The molecule has 0 aliphatic heterocycles. The summed E-state index contributed by atoms with van der Waals surface area (Å²) in [6.07, 6.45) is 0. The Kier molecular flexibility index (Phi) is 12.0. The molecule has 1 aliphatic carbocycles. The molecular formula is C77H72N2O2. The minimum atomic E-state index is -0.896. The number of furan rings is 2. The fourth-order valence-corrected chi connectivity index (χ4v) is 12.8. The first kappa shape index (κ1) is 51.8. The van der Waals surface area contributed by atoms with E-state index in [1.165, 1.54) is 22.3 Å². The van der Waals surface area contributed by atoms with Crippen molar-refractivity contribution in [2.45, 2.75) is 110 Å². The maximum absolute atomic E-state index is 7.55. The molecule has 4 heteroatoms. The topological polar surface area (TPSA) is 32.8 Å². The molecule has 0 saturated heterocycles. The van der Waals surface area contributed by atoms with Gasteiger partial charge in [-0.2, -0.15) is 0 Å². The Balaban J connectivity index is 1.21. The molecule has 0 radical (unpaired) electrons. The molecule has 0 fully saturated rings. The molecule has 1 aliphatic rings. The standard InChI is InChI=1S/C77H72N2O2/c1-73(2,3)49-31-39-55(40-32-49)78(56-41-33-50(34-42-56)74(4,5)6)63-47-61-69(71-67(63)59-27-19-21-29-65(59)80-71)70-62(77(61,53-23-15-13-16-24-53)54-25-17-14-18-26-54)48-64(68-60-28-20-22-30-66(60)81-72(68)70)79(57-43-35-51(36-44-57)75(7,8)9)58-45-37-52(38-46-58)76(10,11)12/h13-48H,1-12H3. The molecule has 81 heavy (non-hydrogen) atoms. The molecule has 0 unspecified atom stereocenters. The minimum absolute atomic E-state index is 0.0295. The zero-order valence-electron chi connectivity index (χ0n) is 49.0. The van der Waals surface area contributed by atoms with E-state index in [0.717, 1.165) is 111 Å². The zero-order valence-corrected chi connectivity index (χ0v) is 49.0. The summed E-state index contributed by atoms with van der Waals surface area (Å²) >= 11 is 0. The van der Waals surface area contributed by atoms with Gasteiger partial charge in [0.1, 0.15) is 22.3 Å². The van der Waals surface area contributed by atoms with Crippen LogP contribution in [0.25, 0.3) is 55.0 Å². The number of hydrogen-bond acceptors (Lipinski definition) is 4. The van der Waals surface area contributed by atoms with Crippen LogP contribution in [-0.2, 0) is 27.1 Å². The zero-order chi connectivity index (χ0) is 56.4. The molecule has 13 rings (SSSR count). The molecule has 0 N–H and O–H groups in total. The third-order valence-corrected chi connectivity index (χ3v) is 17.2. The van der Waals surface area contributed by atoms with Crippen molar-refractivity contribution in [3.05, 3.63) is 263 Å². The Bertz CT molecular complexity index is 3930. The molecule has 2 aromatic heterocycles. The van der Waals surface area contributed by atoms with E-state index in [1.54, 1.807) is 0 Å². The van der Waals surface area contributed by atoms with Gasteiger partial charge in [0.05, 0.1) is 27.6 Å². The highest BCUT2D eigenvalue weighted by Crippen LogP contribution is 2.64. The molecule has 0 amide bonds. The summed E-state index contributed by atoms with van der Waals surface area (Å²) in [5.41, 5.74) is 20.3. The van der Waals surface area contributed by atoms with Gasteiger partial charge in [-0.25, -0.2) is 0 Å². The summed E-state index contributed by atoms with van der Waals surface area (Å²) < 4.78 is 15.1. The van der Waals surface area contributed by atoms with E-state index in [0.29, 0.717) is 0 Å². The highest BCUT2D eigenvalue weighted by atomic mass is 16.3. The molecule has 402 valence electrons. The van der Waals surface area contributed by atoms with Gasteiger partial charge in [-0.05, 0) is 139 Å². The van der Waals surface area contributed by atoms with E-state index in [4.69, 9.17) is 8.83 Å². The lowest BCUT2D eigenvalue weighted by Crippen LogP contribution is -2.29. The van der Waals surface area contributed by atoms with Crippen molar-refractivity contribution >= 4 is 78.0 Å². The smallest absolute Gasteiger partial charge is 0.145 e. The van der Waals surface area contributed by atoms with Gasteiger partial charge < -0.3 is 18.6 Å². The first-order valence-corrected chi connectivity index (χ1v) is 28.8. The summed E-state index contributed by atoms with van der Waals surface area (Å²) in [7, 11) is 0. The Morgan fingerprint density at radius 3 is 0.864 bits per heavy atom. The van der Waals surface area contributed by atoms with Crippen LogP contribution < -0.4 is 9.80 Å². The summed E-state index contributed by atoms with van der Waals surface area (Å²) in [5, 5.41) is 4.18. The number of nitrogens with zero attached hydrogens (tertiary/aromatic N) is 2. The molecule has 0 saturated carbocycles. The molecule has 0 atom stereocenters. The predicted octanol–water partition coefficient (Wildman–Crippen LogP) is 22.0. The van der Waals surface area contributed by atoms with Gasteiger partial charge in [-0.1, -0.05) is 229 Å². The second-order valence-electron chi connectivity index (χ2n) is 26.6. The number of fused-ring (bicyclic) bond motifs is 11. The predicted molar refractivity (Wildman–Crippen MR) is 342 cm³/mol. The van der Waals surface area contributed by atoms with Crippen LogP contribution in [-0.4, -0.2) is 0 Å². The van der Waals surface area contributed by atoms with Gasteiger partial charge >= 0.3 is 0 Å². The first-order chi connectivity index (χ1) is 38.7. The van der Waals surface area contributed by atoms with Crippen LogP contribution >= 0.6 is 0 Å². The number of rotatable bonds is 8. The van der Waals surface area contributed by atoms with Gasteiger partial charge in [0.25, 0.3) is 0 Å². The van der Waals surface area contributed by atoms with Crippen molar-refractivity contribution in [1.29, 1.82) is 0 Å². The van der Waals surface area contributed by atoms with Crippen molar-refractivity contribution in [2.75, 3.05) is 9.80 Å². The maximum atomic E-state index is 7.55. The summed E-state index contributed by atoms with van der Waals surface area (Å²) in [6, 6.07) is 81.3. The number of anilines is 6. The lowest BCUT2D eigenvalue weighted by atomic mass is 9.67. The fourth-order valence-electron chi connectivity index (χ4n) is 12.8. The van der Waals surface area contributed by atoms with Crippen molar-refractivity contribution in [3.8, 4) is 11.1 Å². The summed E-state index contributed by atoms with van der Waals surface area (Å²) in [6.45, 7) is 27.4. The van der Waals surface area contributed by atoms with Crippen molar-refractivity contribution in [1.82, 2.24) is 0 Å². The van der Waals surface area contributed by atoms with E-state index in [2.05, 4.69) is 311 Å². The molecular weight excluding hydrogens is 985 g/mol. The quantitative estimate of drug-likeness (QED) is 0.152. The van der Waals surface area contributed by atoms with Gasteiger partial charge in [0.2, 0.25) is 0 Å². The van der Waals surface area contributed by atoms with Crippen LogP contribution in [0.5, 0.6) is 0 Å². The lowest BCUT2D eigenvalue weighted by molar-refractivity contribution is 0.590. The van der Waals surface area contributed by atoms with Crippen LogP contribution in [0.1, 0.15) is 128 Å². The second kappa shape index (κ2) is 18.7. The fraction of sp³-hybridized carbons (Fsp3) is 0.221. The lowest BCUT2D eigenvalue weighted by Gasteiger charge is -2.36. The Labute approximate surface area is 478 Å². The van der Waals surface area contributed by atoms with Gasteiger partial charge in [0, 0.05) is 44.6 Å². The number of hydrogen-bond donors (Lipinski definition) is 0. The van der Waals surface area contributed by atoms with Crippen LogP contribution in [0.2, 0.25) is 0 Å². The van der Waals surface area contributed by atoms with Crippen LogP contribution in [0.15, 0.2) is 227 Å². The van der Waals surface area contributed by atoms with Gasteiger partial charge in [-0.15, -0.1) is 0 Å². The molecule has 2 heterocycles. The Hall–Kier alpha value is -8.60. The molecule has 0 bridgehead atoms. The third-order valence-electron chi connectivity index (χ3n) is 17.2. The largest absolute Gasteiger partial charge is 0.455 e. The highest BCUT2D eigenvalue weighted by molar-refractivity contribution is 6.25. The second-order valence-corrected chi connectivity index (χ2v) is 26.6. The van der Waals surface area contributed by atoms with E-state index in [9.17, 15) is 0 Å². The summed E-state index contributed by atoms with van der Waals surface area (Å²) in [4.78, 5) is 4.94. The average Bonchev–Trinajstić information content (AvgIpc) is 3.18. The van der Waals surface area contributed by atoms with Crippen molar-refractivity contribution in [3.63, 3.8) is 0 Å². The molecule has 0 spiro atoms. The van der Waals surface area contributed by atoms with Crippen LogP contribution in [0.4, 0.5) is 34.1 Å². The van der Waals surface area contributed by atoms with Gasteiger partial charge in [0.15, 0.2) is 0 Å². The molecule has 12 aromatic rings. The van der Waals surface area contributed by atoms with E-state index >= 15 is 0 Å². The summed E-state index contributed by atoms with van der Waals surface area (Å²) in [5.74, 6) is 0. The van der Waals surface area contributed by atoms with Crippen molar-refractivity contribution in [2.24, 2.45) is 0 Å². The molecule has 4 nitrogen and oxygen atoms in total. The third kappa shape index (κ3) is 8.48. The average molecular weight is 1060 g/mol. The SMILES string of the molecule is CC(C)(C)c1ccc(N(c2ccc(C(C)(C)C)cc2)c2cc3c(c4oc5ccccc5c24)-c2c(cc(N(c4ccc(C(C)(C)C)cc4)c4ccc(C(C)(C)C)cc4)c4c2oc2ccccc24)C3(c2ccccc2)c2ccccc2)cc1. The first-order valence-electron chi connectivity index (χ1n) is 28.8. The number of benzene rings is 10. The number of para-hydroxylation sites is 2. The Morgan fingerprint density at radius 1 is 0.309 bits per heavy atom. The maximum Gasteiger partial charge on any atom is 0.145 e. The monoisotopic (exact) mass is 1060 g/mol. The van der Waals surface area contributed by atoms with Crippen LogP contribution in [0, 0.1) is 0 Å². The minimum Gasteiger partial charge on any atom is -0.455 e. The van der Waals surface area contributed by atoms with E-state index in [1.807, 2.05) is 0 Å². The Morgan fingerprint density at radius 2 is 0.580 bits per heavy atom. The van der Waals surface area contributed by atoms with E-state index in [-0.39, 0.29) is 21.7 Å². The normalized spacial score (nSPS) is 13.5. The van der Waals surface area contributed by atoms with E-state index < -0.39 is 5.41 Å². The highest BCUT2D eigenvalue weighted by Gasteiger charge is 2.51.